The molecule has 1 aromatic carbocycles. The summed E-state index contributed by atoms with van der Waals surface area (Å²) in [4.78, 5) is 34.3. The minimum Gasteiger partial charge on any atom is -0.550 e. The standard InChI is InChI=1S/C16H18N2O4/c1-10(19)17-11-6-8-12(9-7-11)18-15(20)13-4-2-3-5-14(13)16(21)22/h2-3,6-9,13-14H,4-5H2,1H3,(H,17,19)(H,18,20)(H,21,22)/p-1. The summed E-state index contributed by atoms with van der Waals surface area (Å²) in [6.45, 7) is 1.41. The van der Waals surface area contributed by atoms with Gasteiger partial charge in [-0.25, -0.2) is 0 Å². The van der Waals surface area contributed by atoms with Gasteiger partial charge in [0.1, 0.15) is 0 Å². The Balaban J connectivity index is 2.03. The molecule has 0 aromatic heterocycles. The van der Waals surface area contributed by atoms with E-state index >= 15 is 0 Å². The van der Waals surface area contributed by atoms with Crippen molar-refractivity contribution in [1.82, 2.24) is 0 Å². The van der Waals surface area contributed by atoms with Crippen LogP contribution in [0.15, 0.2) is 36.4 Å². The maximum atomic E-state index is 12.2. The van der Waals surface area contributed by atoms with Crippen molar-refractivity contribution in [1.29, 1.82) is 0 Å². The molecule has 2 N–H and O–H groups in total. The first-order valence-electron chi connectivity index (χ1n) is 7.01. The highest BCUT2D eigenvalue weighted by molar-refractivity contribution is 5.95. The van der Waals surface area contributed by atoms with Crippen LogP contribution >= 0.6 is 0 Å². The molecule has 2 atom stereocenters. The van der Waals surface area contributed by atoms with E-state index in [1.165, 1.54) is 6.92 Å². The number of hydrogen-bond donors (Lipinski definition) is 2. The van der Waals surface area contributed by atoms with Gasteiger partial charge in [0, 0.05) is 30.2 Å². The van der Waals surface area contributed by atoms with Crippen LogP contribution in [0.4, 0.5) is 11.4 Å². The largest absolute Gasteiger partial charge is 0.550 e. The van der Waals surface area contributed by atoms with E-state index in [0.29, 0.717) is 24.2 Å². The van der Waals surface area contributed by atoms with Crippen LogP contribution in [0.1, 0.15) is 19.8 Å². The summed E-state index contributed by atoms with van der Waals surface area (Å²) in [6, 6.07) is 6.62. The van der Waals surface area contributed by atoms with E-state index in [4.69, 9.17) is 0 Å². The third-order valence-corrected chi connectivity index (χ3v) is 3.54. The minimum absolute atomic E-state index is 0.178. The number of nitrogens with one attached hydrogen (secondary N) is 2. The van der Waals surface area contributed by atoms with Gasteiger partial charge in [-0.2, -0.15) is 0 Å². The van der Waals surface area contributed by atoms with Crippen LogP contribution in [0.2, 0.25) is 0 Å². The average Bonchev–Trinajstić information content (AvgIpc) is 2.48. The summed E-state index contributed by atoms with van der Waals surface area (Å²) in [5.74, 6) is -3.16. The Bertz CT molecular complexity index is 607. The van der Waals surface area contributed by atoms with Gasteiger partial charge in [-0.3, -0.25) is 9.59 Å². The topological polar surface area (TPSA) is 98.3 Å². The molecule has 0 spiro atoms. The molecular formula is C16H17N2O4-. The summed E-state index contributed by atoms with van der Waals surface area (Å²) in [5.41, 5.74) is 1.17. The minimum atomic E-state index is -1.20. The molecule has 1 aromatic rings. The van der Waals surface area contributed by atoms with E-state index in [1.54, 1.807) is 30.3 Å². The SMILES string of the molecule is CC(=O)Nc1ccc(NC(=O)C2CC=CCC2C(=O)[O-])cc1. The Morgan fingerprint density at radius 3 is 1.95 bits per heavy atom. The van der Waals surface area contributed by atoms with E-state index in [1.807, 2.05) is 6.08 Å². The van der Waals surface area contributed by atoms with Crippen LogP contribution < -0.4 is 15.7 Å². The summed E-state index contributed by atoms with van der Waals surface area (Å²) < 4.78 is 0. The number of rotatable bonds is 4. The monoisotopic (exact) mass is 301 g/mol. The van der Waals surface area contributed by atoms with Crippen molar-refractivity contribution in [3.63, 3.8) is 0 Å². The molecule has 0 bridgehead atoms. The van der Waals surface area contributed by atoms with Crippen molar-refractivity contribution in [3.8, 4) is 0 Å². The van der Waals surface area contributed by atoms with Gasteiger partial charge in [0.2, 0.25) is 11.8 Å². The highest BCUT2D eigenvalue weighted by Gasteiger charge is 2.29. The highest BCUT2D eigenvalue weighted by atomic mass is 16.4. The van der Waals surface area contributed by atoms with Crippen molar-refractivity contribution < 1.29 is 19.5 Å². The fourth-order valence-electron chi connectivity index (χ4n) is 2.44. The molecule has 0 fully saturated rings. The van der Waals surface area contributed by atoms with E-state index in [0.717, 1.165) is 0 Å². The number of carbonyl (C=O) groups excluding carboxylic acids is 3. The molecular weight excluding hydrogens is 284 g/mol. The Kier molecular flexibility index (Phi) is 4.93. The van der Waals surface area contributed by atoms with Gasteiger partial charge in [0.25, 0.3) is 0 Å². The predicted molar refractivity (Wildman–Crippen MR) is 79.7 cm³/mol. The van der Waals surface area contributed by atoms with Crippen LogP contribution in [0, 0.1) is 11.8 Å². The van der Waals surface area contributed by atoms with E-state index < -0.39 is 17.8 Å². The maximum Gasteiger partial charge on any atom is 0.228 e. The normalized spacial score (nSPS) is 20.2. The molecule has 0 radical (unpaired) electrons. The first kappa shape index (κ1) is 15.8. The lowest BCUT2D eigenvalue weighted by molar-refractivity contribution is -0.313. The van der Waals surface area contributed by atoms with E-state index in [-0.39, 0.29) is 11.8 Å². The molecule has 2 unspecified atom stereocenters. The smallest absolute Gasteiger partial charge is 0.228 e. The quantitative estimate of drug-likeness (QED) is 0.808. The molecule has 1 aliphatic rings. The maximum absolute atomic E-state index is 12.2. The third kappa shape index (κ3) is 3.94. The molecule has 0 saturated heterocycles. The van der Waals surface area contributed by atoms with Gasteiger partial charge < -0.3 is 20.5 Å². The zero-order valence-electron chi connectivity index (χ0n) is 12.2. The number of allylic oxidation sites excluding steroid dienone is 2. The average molecular weight is 301 g/mol. The van der Waals surface area contributed by atoms with Gasteiger partial charge >= 0.3 is 0 Å². The lowest BCUT2D eigenvalue weighted by Gasteiger charge is -2.28. The van der Waals surface area contributed by atoms with Gasteiger partial charge in [0.15, 0.2) is 0 Å². The molecule has 2 rings (SSSR count). The summed E-state index contributed by atoms with van der Waals surface area (Å²) in [6.07, 6.45) is 4.26. The first-order valence-corrected chi connectivity index (χ1v) is 7.01. The molecule has 22 heavy (non-hydrogen) atoms. The molecule has 1 aliphatic carbocycles. The number of anilines is 2. The van der Waals surface area contributed by atoms with Crippen LogP contribution in [0.3, 0.4) is 0 Å². The van der Waals surface area contributed by atoms with Gasteiger partial charge in [-0.15, -0.1) is 0 Å². The Labute approximate surface area is 128 Å². The molecule has 6 heteroatoms. The molecule has 0 saturated carbocycles. The Morgan fingerprint density at radius 1 is 0.955 bits per heavy atom. The van der Waals surface area contributed by atoms with E-state index in [2.05, 4.69) is 10.6 Å². The van der Waals surface area contributed by atoms with Crippen molar-refractivity contribution in [2.75, 3.05) is 10.6 Å². The fraction of sp³-hybridized carbons (Fsp3) is 0.312. The van der Waals surface area contributed by atoms with Crippen LogP contribution in [0.25, 0.3) is 0 Å². The highest BCUT2D eigenvalue weighted by Crippen LogP contribution is 2.26. The van der Waals surface area contributed by atoms with Gasteiger partial charge in [-0.05, 0) is 37.1 Å². The molecule has 0 aliphatic heterocycles. The fourth-order valence-corrected chi connectivity index (χ4v) is 2.44. The third-order valence-electron chi connectivity index (χ3n) is 3.54. The van der Waals surface area contributed by atoms with Gasteiger partial charge in [0.05, 0.1) is 5.92 Å². The van der Waals surface area contributed by atoms with Crippen molar-refractivity contribution in [2.45, 2.75) is 19.8 Å². The number of carbonyl (C=O) groups is 3. The van der Waals surface area contributed by atoms with Crippen LogP contribution in [0.5, 0.6) is 0 Å². The molecule has 116 valence electrons. The lowest BCUT2D eigenvalue weighted by Crippen LogP contribution is -2.41. The summed E-state index contributed by atoms with van der Waals surface area (Å²) in [7, 11) is 0. The lowest BCUT2D eigenvalue weighted by atomic mass is 9.82. The Hall–Kier alpha value is -2.63. The van der Waals surface area contributed by atoms with Crippen molar-refractivity contribution in [2.24, 2.45) is 11.8 Å². The molecule has 0 heterocycles. The first-order chi connectivity index (χ1) is 10.5. The van der Waals surface area contributed by atoms with Crippen molar-refractivity contribution >= 4 is 29.2 Å². The summed E-state index contributed by atoms with van der Waals surface area (Å²) in [5, 5.41) is 16.4. The zero-order chi connectivity index (χ0) is 16.1. The second-order valence-corrected chi connectivity index (χ2v) is 5.22. The van der Waals surface area contributed by atoms with Crippen LogP contribution in [-0.4, -0.2) is 17.8 Å². The number of carboxylic acids is 1. The van der Waals surface area contributed by atoms with Crippen LogP contribution in [-0.2, 0) is 14.4 Å². The van der Waals surface area contributed by atoms with Crippen molar-refractivity contribution in [3.05, 3.63) is 36.4 Å². The number of aliphatic carboxylic acids is 1. The molecule has 2 amide bonds. The van der Waals surface area contributed by atoms with E-state index in [9.17, 15) is 19.5 Å². The number of carboxylic acid groups (broad SMARTS) is 1. The second kappa shape index (κ2) is 6.89. The molecule has 6 nitrogen and oxygen atoms in total. The Morgan fingerprint density at radius 2 is 1.45 bits per heavy atom. The predicted octanol–water partition coefficient (Wildman–Crippen LogP) is 0.916. The van der Waals surface area contributed by atoms with Gasteiger partial charge in [-0.1, -0.05) is 12.2 Å². The zero-order valence-corrected chi connectivity index (χ0v) is 12.2. The number of amides is 2. The number of benzene rings is 1. The summed E-state index contributed by atoms with van der Waals surface area (Å²) >= 11 is 0. The number of hydrogen-bond acceptors (Lipinski definition) is 4. The second-order valence-electron chi connectivity index (χ2n) is 5.22.